The fraction of sp³-hybridized carbons (Fsp3) is 0.333. The van der Waals surface area contributed by atoms with Crippen molar-refractivity contribution in [3.63, 3.8) is 0 Å². The zero-order chi connectivity index (χ0) is 14.3. The van der Waals surface area contributed by atoms with Crippen LogP contribution in [0.5, 0.6) is 11.5 Å². The largest absolute Gasteiger partial charge is 0.493 e. The molecular weight excluding hydrogens is 330 g/mol. The summed E-state index contributed by atoms with van der Waals surface area (Å²) in [6.07, 6.45) is 1.62. The van der Waals surface area contributed by atoms with E-state index in [-0.39, 0.29) is 0 Å². The van der Waals surface area contributed by atoms with Crippen molar-refractivity contribution in [1.82, 2.24) is 10.7 Å². The van der Waals surface area contributed by atoms with E-state index in [0.717, 1.165) is 16.6 Å². The maximum Gasteiger partial charge on any atom is 0.186 e. The number of nitrogens with zero attached hydrogens (tertiary/aromatic N) is 1. The fourth-order valence-corrected chi connectivity index (χ4v) is 2.07. The van der Waals surface area contributed by atoms with E-state index in [1.165, 1.54) is 0 Å². The number of ether oxygens (including phenoxy) is 2. The number of thiocarbonyl (C=S) groups is 1. The summed E-state index contributed by atoms with van der Waals surface area (Å²) >= 11 is 8.41. The highest BCUT2D eigenvalue weighted by atomic mass is 79.9. The molecular formula is C12H16BrN3O2S. The average molecular weight is 346 g/mol. The molecule has 0 spiro atoms. The molecule has 19 heavy (non-hydrogen) atoms. The van der Waals surface area contributed by atoms with Crippen LogP contribution in [0, 0.1) is 0 Å². The highest BCUT2D eigenvalue weighted by Crippen LogP contribution is 2.33. The Morgan fingerprint density at radius 3 is 2.74 bits per heavy atom. The predicted octanol–water partition coefficient (Wildman–Crippen LogP) is 2.28. The number of hydrazone groups is 1. The van der Waals surface area contributed by atoms with Gasteiger partial charge in [0.1, 0.15) is 0 Å². The first kappa shape index (κ1) is 15.7. The molecule has 0 bridgehead atoms. The molecule has 0 amide bonds. The van der Waals surface area contributed by atoms with Crippen molar-refractivity contribution in [2.24, 2.45) is 5.10 Å². The molecule has 0 aliphatic rings. The Labute approximate surface area is 126 Å². The van der Waals surface area contributed by atoms with Gasteiger partial charge in [-0.2, -0.15) is 5.10 Å². The zero-order valence-corrected chi connectivity index (χ0v) is 13.4. The lowest BCUT2D eigenvalue weighted by molar-refractivity contribution is 0.354. The van der Waals surface area contributed by atoms with E-state index in [0.29, 0.717) is 16.6 Å². The molecule has 0 heterocycles. The van der Waals surface area contributed by atoms with Crippen LogP contribution in [0.1, 0.15) is 12.5 Å². The van der Waals surface area contributed by atoms with Crippen LogP contribution in [0.2, 0.25) is 0 Å². The minimum Gasteiger partial charge on any atom is -0.493 e. The van der Waals surface area contributed by atoms with Crippen LogP contribution in [-0.4, -0.2) is 32.1 Å². The van der Waals surface area contributed by atoms with E-state index in [1.807, 2.05) is 19.1 Å². The number of nitrogens with one attached hydrogen (secondary N) is 2. The van der Waals surface area contributed by atoms with E-state index in [9.17, 15) is 0 Å². The van der Waals surface area contributed by atoms with Gasteiger partial charge in [-0.25, -0.2) is 0 Å². The van der Waals surface area contributed by atoms with Crippen molar-refractivity contribution >= 4 is 39.5 Å². The monoisotopic (exact) mass is 345 g/mol. The lowest BCUT2D eigenvalue weighted by atomic mass is 10.2. The second kappa shape index (κ2) is 7.96. The molecule has 1 aromatic rings. The smallest absolute Gasteiger partial charge is 0.186 e. The normalized spacial score (nSPS) is 10.3. The SMILES string of the molecule is CCNC(=S)NN=Cc1cc(Br)cc(OC)c1OC. The second-order valence-corrected chi connectivity index (χ2v) is 4.78. The highest BCUT2D eigenvalue weighted by Gasteiger charge is 2.10. The molecule has 5 nitrogen and oxygen atoms in total. The number of hydrogen-bond acceptors (Lipinski definition) is 4. The summed E-state index contributed by atoms with van der Waals surface area (Å²) < 4.78 is 11.4. The molecule has 0 atom stereocenters. The Morgan fingerprint density at radius 1 is 1.42 bits per heavy atom. The van der Waals surface area contributed by atoms with Gasteiger partial charge >= 0.3 is 0 Å². The van der Waals surface area contributed by atoms with Gasteiger partial charge in [0.25, 0.3) is 0 Å². The van der Waals surface area contributed by atoms with Crippen molar-refractivity contribution < 1.29 is 9.47 Å². The summed E-state index contributed by atoms with van der Waals surface area (Å²) in [7, 11) is 3.17. The Bertz CT molecular complexity index is 480. The van der Waals surface area contributed by atoms with E-state index in [1.54, 1.807) is 20.4 Å². The maximum absolute atomic E-state index is 5.31. The van der Waals surface area contributed by atoms with Crippen LogP contribution in [0.15, 0.2) is 21.7 Å². The number of hydrogen-bond donors (Lipinski definition) is 2. The van der Waals surface area contributed by atoms with Crippen LogP contribution < -0.4 is 20.2 Å². The van der Waals surface area contributed by atoms with Gasteiger partial charge in [-0.1, -0.05) is 15.9 Å². The third kappa shape index (κ3) is 4.68. The van der Waals surface area contributed by atoms with Crippen molar-refractivity contribution in [3.05, 3.63) is 22.2 Å². The van der Waals surface area contributed by atoms with Crippen LogP contribution in [0.4, 0.5) is 0 Å². The fourth-order valence-electron chi connectivity index (χ4n) is 1.42. The van der Waals surface area contributed by atoms with Crippen molar-refractivity contribution in [3.8, 4) is 11.5 Å². The first-order valence-corrected chi connectivity index (χ1v) is 6.80. The first-order chi connectivity index (χ1) is 9.12. The van der Waals surface area contributed by atoms with Crippen LogP contribution in [0.3, 0.4) is 0 Å². The van der Waals surface area contributed by atoms with Gasteiger partial charge in [0, 0.05) is 16.6 Å². The molecule has 0 fully saturated rings. The Kier molecular flexibility index (Phi) is 6.58. The Morgan fingerprint density at radius 2 is 2.16 bits per heavy atom. The lowest BCUT2D eigenvalue weighted by Gasteiger charge is -2.11. The van der Waals surface area contributed by atoms with Crippen molar-refractivity contribution in [2.45, 2.75) is 6.92 Å². The summed E-state index contributed by atoms with van der Waals surface area (Å²) in [6.45, 7) is 2.70. The highest BCUT2D eigenvalue weighted by molar-refractivity contribution is 9.10. The molecule has 0 radical (unpaired) electrons. The predicted molar refractivity (Wildman–Crippen MR) is 84.3 cm³/mol. The van der Waals surface area contributed by atoms with Gasteiger partial charge in [0.05, 0.1) is 20.4 Å². The van der Waals surface area contributed by atoms with Crippen molar-refractivity contribution in [1.29, 1.82) is 0 Å². The quantitative estimate of drug-likeness (QED) is 0.487. The van der Waals surface area contributed by atoms with Gasteiger partial charge in [0.15, 0.2) is 16.6 Å². The molecule has 7 heteroatoms. The molecule has 1 rings (SSSR count). The molecule has 0 saturated heterocycles. The molecule has 0 aliphatic carbocycles. The maximum atomic E-state index is 5.31. The van der Waals surface area contributed by atoms with Gasteiger partial charge in [-0.05, 0) is 31.3 Å². The summed E-state index contributed by atoms with van der Waals surface area (Å²) in [4.78, 5) is 0. The third-order valence-corrected chi connectivity index (χ3v) is 2.87. The number of rotatable bonds is 5. The van der Waals surface area contributed by atoms with Gasteiger partial charge in [-0.3, -0.25) is 5.43 Å². The zero-order valence-electron chi connectivity index (χ0n) is 11.0. The van der Waals surface area contributed by atoms with Crippen LogP contribution in [-0.2, 0) is 0 Å². The molecule has 0 unspecified atom stereocenters. The minimum absolute atomic E-state index is 0.472. The second-order valence-electron chi connectivity index (χ2n) is 3.46. The molecule has 2 N–H and O–H groups in total. The van der Waals surface area contributed by atoms with Crippen molar-refractivity contribution in [2.75, 3.05) is 20.8 Å². The van der Waals surface area contributed by atoms with E-state index in [2.05, 4.69) is 31.8 Å². The summed E-state index contributed by atoms with van der Waals surface area (Å²) in [5, 5.41) is 7.46. The van der Waals surface area contributed by atoms with E-state index >= 15 is 0 Å². The summed E-state index contributed by atoms with van der Waals surface area (Å²) in [6, 6.07) is 3.70. The molecule has 0 saturated carbocycles. The first-order valence-electron chi connectivity index (χ1n) is 5.60. The van der Waals surface area contributed by atoms with Gasteiger partial charge in [-0.15, -0.1) is 0 Å². The van der Waals surface area contributed by atoms with Gasteiger partial charge < -0.3 is 14.8 Å². The molecule has 104 valence electrons. The molecule has 1 aromatic carbocycles. The Hall–Kier alpha value is -1.34. The molecule has 0 aromatic heterocycles. The average Bonchev–Trinajstić information content (AvgIpc) is 2.38. The summed E-state index contributed by atoms with van der Waals surface area (Å²) in [5.41, 5.74) is 3.50. The Balaban J connectivity index is 2.90. The van der Waals surface area contributed by atoms with E-state index in [4.69, 9.17) is 21.7 Å². The molecule has 0 aliphatic heterocycles. The van der Waals surface area contributed by atoms with E-state index < -0.39 is 0 Å². The van der Waals surface area contributed by atoms with Crippen LogP contribution >= 0.6 is 28.1 Å². The number of methoxy groups -OCH3 is 2. The summed E-state index contributed by atoms with van der Waals surface area (Å²) in [5.74, 6) is 1.25. The standard InChI is InChI=1S/C12H16BrN3O2S/c1-4-14-12(19)16-15-7-8-5-9(13)6-10(17-2)11(8)18-3/h5-7H,4H2,1-3H3,(H2,14,16,19). The lowest BCUT2D eigenvalue weighted by Crippen LogP contribution is -2.31. The van der Waals surface area contributed by atoms with Gasteiger partial charge in [0.2, 0.25) is 0 Å². The topological polar surface area (TPSA) is 54.9 Å². The third-order valence-electron chi connectivity index (χ3n) is 2.18. The number of halogens is 1. The van der Waals surface area contributed by atoms with Crippen LogP contribution in [0.25, 0.3) is 0 Å². The number of benzene rings is 1. The minimum atomic E-state index is 0.472.